The van der Waals surface area contributed by atoms with Crippen LogP contribution in [0.4, 0.5) is 0 Å². The number of hydrogen-bond donors (Lipinski definition) is 1. The molecule has 0 aliphatic carbocycles. The number of hydrogen-bond acceptors (Lipinski definition) is 7. The molecule has 37 heavy (non-hydrogen) atoms. The van der Waals surface area contributed by atoms with Crippen molar-refractivity contribution in [1.29, 1.82) is 0 Å². The third-order valence-electron chi connectivity index (χ3n) is 6.08. The minimum atomic E-state index is -0.864. The van der Waals surface area contributed by atoms with Gasteiger partial charge in [0.2, 0.25) is 0 Å². The summed E-state index contributed by atoms with van der Waals surface area (Å²) in [6.45, 7) is 10.4. The maximum Gasteiger partial charge on any atom is 0.308 e. The molecule has 1 heterocycles. The molecule has 1 amide bonds. The van der Waals surface area contributed by atoms with Gasteiger partial charge in [-0.2, -0.15) is 0 Å². The van der Waals surface area contributed by atoms with Crippen LogP contribution in [0.5, 0.6) is 11.5 Å². The van der Waals surface area contributed by atoms with Crippen LogP contribution in [-0.2, 0) is 24.5 Å². The van der Waals surface area contributed by atoms with Crippen LogP contribution in [0.3, 0.4) is 0 Å². The Morgan fingerprint density at radius 3 is 2.46 bits per heavy atom. The summed E-state index contributed by atoms with van der Waals surface area (Å²) >= 11 is 0. The molecule has 198 valence electrons. The van der Waals surface area contributed by atoms with E-state index < -0.39 is 23.7 Å². The van der Waals surface area contributed by atoms with Crippen molar-refractivity contribution in [2.24, 2.45) is 0 Å². The maximum atomic E-state index is 13.3. The predicted octanol–water partition coefficient (Wildman–Crippen LogP) is 4.77. The highest BCUT2D eigenvalue weighted by atomic mass is 16.5. The lowest BCUT2D eigenvalue weighted by Crippen LogP contribution is -2.31. The van der Waals surface area contributed by atoms with Crippen LogP contribution in [0.2, 0.25) is 0 Å². The monoisotopic (exact) mass is 509 g/mol. The van der Waals surface area contributed by atoms with Gasteiger partial charge in [0.05, 0.1) is 18.2 Å². The highest BCUT2D eigenvalue weighted by Crippen LogP contribution is 2.41. The molecule has 1 aliphatic rings. The van der Waals surface area contributed by atoms with Gasteiger partial charge in [0, 0.05) is 38.3 Å². The number of aliphatic hydroxyl groups excluding tert-OH is 1. The summed E-state index contributed by atoms with van der Waals surface area (Å²) in [5, 5.41) is 11.5. The minimum absolute atomic E-state index is 0.0218. The molecule has 1 unspecified atom stereocenters. The molecule has 1 fully saturated rings. The predicted molar refractivity (Wildman–Crippen MR) is 140 cm³/mol. The molecular weight excluding hydrogens is 474 g/mol. The second-order valence-electron chi connectivity index (χ2n) is 9.90. The fourth-order valence-electron chi connectivity index (χ4n) is 4.45. The number of ether oxygens (including phenoxy) is 3. The first-order valence-electron chi connectivity index (χ1n) is 12.3. The number of aliphatic hydroxyl groups is 1. The number of ketones is 1. The summed E-state index contributed by atoms with van der Waals surface area (Å²) in [7, 11) is 1.56. The van der Waals surface area contributed by atoms with E-state index in [1.54, 1.807) is 49.6 Å². The number of nitrogens with zero attached hydrogens (tertiary/aromatic N) is 1. The van der Waals surface area contributed by atoms with Gasteiger partial charge in [0.15, 0.2) is 0 Å². The van der Waals surface area contributed by atoms with E-state index in [-0.39, 0.29) is 29.0 Å². The van der Waals surface area contributed by atoms with Gasteiger partial charge < -0.3 is 24.2 Å². The number of likely N-dealkylation sites (tertiary alicyclic amines) is 1. The summed E-state index contributed by atoms with van der Waals surface area (Å²) in [5.41, 5.74) is 1.49. The van der Waals surface area contributed by atoms with E-state index in [1.165, 1.54) is 11.8 Å². The molecule has 8 heteroatoms. The number of Topliss-reactive ketones (excluding diaryl/α,β-unsaturated/α-hetero) is 1. The Balaban J connectivity index is 2.19. The van der Waals surface area contributed by atoms with Crippen molar-refractivity contribution in [3.63, 3.8) is 0 Å². The molecule has 0 aromatic heterocycles. The molecule has 8 nitrogen and oxygen atoms in total. The molecule has 3 rings (SSSR count). The average Bonchev–Trinajstić information content (AvgIpc) is 3.08. The fraction of sp³-hybridized carbons (Fsp3) is 0.414. The van der Waals surface area contributed by atoms with Crippen molar-refractivity contribution >= 4 is 23.4 Å². The Bertz CT molecular complexity index is 1210. The van der Waals surface area contributed by atoms with Crippen LogP contribution in [0.15, 0.2) is 48.0 Å². The van der Waals surface area contributed by atoms with E-state index in [4.69, 9.17) is 14.2 Å². The van der Waals surface area contributed by atoms with Gasteiger partial charge in [-0.05, 0) is 54.7 Å². The summed E-state index contributed by atoms with van der Waals surface area (Å²) < 4.78 is 16.2. The lowest BCUT2D eigenvalue weighted by atomic mass is 9.84. The summed E-state index contributed by atoms with van der Waals surface area (Å²) in [4.78, 5) is 39.4. The normalized spacial score (nSPS) is 17.2. The standard InChI is InChI=1S/C29H35NO7/c1-7-36-23-13-12-20(17-22(23)29(3,4)5)26(32)24-25(19-10-8-11-21(16-19)37-18(2)31)30(14-9-15-35-6)28(34)27(24)33/h8,10-13,16-17,25,32H,7,9,14-15H2,1-6H3/b26-24+. The van der Waals surface area contributed by atoms with Crippen LogP contribution in [0.25, 0.3) is 5.76 Å². The van der Waals surface area contributed by atoms with Gasteiger partial charge in [0.25, 0.3) is 11.7 Å². The van der Waals surface area contributed by atoms with E-state index in [1.807, 2.05) is 27.7 Å². The van der Waals surface area contributed by atoms with Gasteiger partial charge in [-0.15, -0.1) is 0 Å². The Morgan fingerprint density at radius 2 is 1.84 bits per heavy atom. The van der Waals surface area contributed by atoms with Crippen molar-refractivity contribution in [2.75, 3.05) is 26.9 Å². The number of carbonyl (C=O) groups excluding carboxylic acids is 3. The third-order valence-corrected chi connectivity index (χ3v) is 6.08. The summed E-state index contributed by atoms with van der Waals surface area (Å²) in [6, 6.07) is 11.0. The van der Waals surface area contributed by atoms with E-state index >= 15 is 0 Å². The van der Waals surface area contributed by atoms with Crippen molar-refractivity contribution in [1.82, 2.24) is 4.90 Å². The van der Waals surface area contributed by atoms with Crippen LogP contribution in [0.1, 0.15) is 63.8 Å². The van der Waals surface area contributed by atoms with Gasteiger partial charge in [-0.1, -0.05) is 32.9 Å². The van der Waals surface area contributed by atoms with Crippen LogP contribution in [-0.4, -0.2) is 54.5 Å². The lowest BCUT2D eigenvalue weighted by Gasteiger charge is -2.26. The number of benzene rings is 2. The minimum Gasteiger partial charge on any atom is -0.507 e. The summed E-state index contributed by atoms with van der Waals surface area (Å²) in [6.07, 6.45) is 0.501. The topological polar surface area (TPSA) is 102 Å². The first-order chi connectivity index (χ1) is 17.5. The first kappa shape index (κ1) is 27.9. The molecule has 1 saturated heterocycles. The zero-order valence-corrected chi connectivity index (χ0v) is 22.3. The van der Waals surface area contributed by atoms with E-state index in [2.05, 4.69) is 0 Å². The highest BCUT2D eigenvalue weighted by molar-refractivity contribution is 6.46. The van der Waals surface area contributed by atoms with Gasteiger partial charge in [-0.25, -0.2) is 0 Å². The molecule has 1 atom stereocenters. The molecule has 0 saturated carbocycles. The average molecular weight is 510 g/mol. The molecule has 0 spiro atoms. The fourth-order valence-corrected chi connectivity index (χ4v) is 4.45. The lowest BCUT2D eigenvalue weighted by molar-refractivity contribution is -0.140. The number of amides is 1. The van der Waals surface area contributed by atoms with Crippen LogP contribution in [0, 0.1) is 0 Å². The van der Waals surface area contributed by atoms with Crippen molar-refractivity contribution in [3.05, 3.63) is 64.7 Å². The molecular formula is C29H35NO7. The Kier molecular flexibility index (Phi) is 8.76. The molecule has 1 aliphatic heterocycles. The van der Waals surface area contributed by atoms with E-state index in [0.29, 0.717) is 36.5 Å². The van der Waals surface area contributed by atoms with Gasteiger partial charge in [-0.3, -0.25) is 14.4 Å². The number of rotatable bonds is 9. The highest BCUT2D eigenvalue weighted by Gasteiger charge is 2.46. The van der Waals surface area contributed by atoms with Crippen LogP contribution >= 0.6 is 0 Å². The quantitative estimate of drug-likeness (QED) is 0.130. The number of carbonyl (C=O) groups is 3. The molecule has 2 aromatic carbocycles. The number of methoxy groups -OCH3 is 1. The van der Waals surface area contributed by atoms with Crippen LogP contribution < -0.4 is 9.47 Å². The first-order valence-corrected chi connectivity index (χ1v) is 12.3. The maximum absolute atomic E-state index is 13.3. The Hall–Kier alpha value is -3.65. The van der Waals surface area contributed by atoms with Gasteiger partial charge in [0.1, 0.15) is 17.3 Å². The largest absolute Gasteiger partial charge is 0.507 e. The molecule has 1 N–H and O–H groups in total. The number of esters is 1. The Labute approximate surface area is 217 Å². The SMILES string of the molecule is CCOc1ccc(/C(O)=C2\C(=O)C(=O)N(CCCOC)C2c2cccc(OC(C)=O)c2)cc1C(C)(C)C. The molecule has 0 radical (unpaired) electrons. The van der Waals surface area contributed by atoms with E-state index in [0.717, 1.165) is 5.56 Å². The van der Waals surface area contributed by atoms with Crippen molar-refractivity contribution in [2.45, 2.75) is 52.5 Å². The second kappa shape index (κ2) is 11.6. The zero-order chi connectivity index (χ0) is 27.3. The molecule has 2 aromatic rings. The Morgan fingerprint density at radius 1 is 1.11 bits per heavy atom. The third kappa shape index (κ3) is 6.20. The van der Waals surface area contributed by atoms with E-state index in [9.17, 15) is 19.5 Å². The van der Waals surface area contributed by atoms with Crippen molar-refractivity contribution in [3.8, 4) is 11.5 Å². The zero-order valence-electron chi connectivity index (χ0n) is 22.3. The smallest absolute Gasteiger partial charge is 0.308 e. The molecule has 0 bridgehead atoms. The summed E-state index contributed by atoms with van der Waals surface area (Å²) in [5.74, 6) is -1.27. The van der Waals surface area contributed by atoms with Crippen molar-refractivity contribution < 1.29 is 33.7 Å². The second-order valence-corrected chi connectivity index (χ2v) is 9.90. The van der Waals surface area contributed by atoms with Gasteiger partial charge >= 0.3 is 5.97 Å².